The summed E-state index contributed by atoms with van der Waals surface area (Å²) in [6.07, 6.45) is -2.13. The van der Waals surface area contributed by atoms with E-state index in [1.165, 1.54) is 12.1 Å². The lowest BCUT2D eigenvalue weighted by Gasteiger charge is -2.18. The number of ether oxygens (including phenoxy) is 1. The van der Waals surface area contributed by atoms with Gasteiger partial charge in [-0.1, -0.05) is 15.9 Å². The van der Waals surface area contributed by atoms with Crippen LogP contribution in [0.3, 0.4) is 0 Å². The predicted molar refractivity (Wildman–Crippen MR) is 69.0 cm³/mol. The zero-order valence-corrected chi connectivity index (χ0v) is 11.6. The van der Waals surface area contributed by atoms with E-state index in [1.807, 2.05) is 0 Å². The van der Waals surface area contributed by atoms with E-state index in [2.05, 4.69) is 20.7 Å². The second kappa shape index (κ2) is 6.50. The van der Waals surface area contributed by atoms with Crippen LogP contribution in [-0.2, 0) is 9.53 Å². The fraction of sp³-hybridized carbons (Fsp3) is 0.333. The number of hydrogen-bond donors (Lipinski definition) is 2. The van der Waals surface area contributed by atoms with Crippen molar-refractivity contribution in [2.75, 3.05) is 6.61 Å². The highest BCUT2D eigenvalue weighted by atomic mass is 79.9. The van der Waals surface area contributed by atoms with Gasteiger partial charge in [0.05, 0.1) is 18.2 Å². The van der Waals surface area contributed by atoms with Crippen LogP contribution < -0.4 is 5.73 Å². The maximum absolute atomic E-state index is 13.8. The molecular formula is C12H12BrFN2O3. The molecule has 0 fully saturated rings. The van der Waals surface area contributed by atoms with Crippen LogP contribution in [0.15, 0.2) is 16.6 Å². The van der Waals surface area contributed by atoms with Crippen molar-refractivity contribution in [3.8, 4) is 11.8 Å². The molecular weight excluding hydrogens is 319 g/mol. The molecule has 0 radical (unpaired) electrons. The molecule has 0 aromatic heterocycles. The Kier molecular flexibility index (Phi) is 5.27. The zero-order chi connectivity index (χ0) is 14.6. The number of benzene rings is 1. The number of carbonyl (C=O) groups excluding carboxylic acids is 1. The molecule has 0 spiro atoms. The Morgan fingerprint density at radius 3 is 2.84 bits per heavy atom. The summed E-state index contributed by atoms with van der Waals surface area (Å²) in [7, 11) is 0. The van der Waals surface area contributed by atoms with Crippen LogP contribution in [0.5, 0.6) is 5.75 Å². The van der Waals surface area contributed by atoms with Gasteiger partial charge < -0.3 is 15.6 Å². The number of phenolic OH excluding ortho intramolecular Hbond substituents is 1. The third-order valence-corrected chi connectivity index (χ3v) is 3.14. The summed E-state index contributed by atoms with van der Waals surface area (Å²) in [5, 5.41) is 18.6. The van der Waals surface area contributed by atoms with Gasteiger partial charge in [0.1, 0.15) is 11.8 Å². The molecule has 1 rings (SSSR count). The fourth-order valence-corrected chi connectivity index (χ4v) is 2.09. The predicted octanol–water partition coefficient (Wildman–Crippen LogP) is 1.93. The molecule has 3 N–H and O–H groups in total. The van der Waals surface area contributed by atoms with Crippen LogP contribution in [0.25, 0.3) is 0 Å². The molecule has 19 heavy (non-hydrogen) atoms. The summed E-state index contributed by atoms with van der Waals surface area (Å²) in [5.74, 6) is -1.56. The Bertz CT molecular complexity index is 530. The Morgan fingerprint density at radius 2 is 2.32 bits per heavy atom. The molecule has 2 atom stereocenters. The van der Waals surface area contributed by atoms with Crippen LogP contribution in [0, 0.1) is 11.3 Å². The molecule has 5 nitrogen and oxygen atoms in total. The molecule has 1 unspecified atom stereocenters. The number of hydrogen-bond acceptors (Lipinski definition) is 5. The van der Waals surface area contributed by atoms with Gasteiger partial charge in [0, 0.05) is 10.0 Å². The van der Waals surface area contributed by atoms with Gasteiger partial charge in [-0.2, -0.15) is 5.26 Å². The number of halogens is 2. The fourth-order valence-electron chi connectivity index (χ4n) is 1.51. The summed E-state index contributed by atoms with van der Waals surface area (Å²) in [6, 6.07) is 3.12. The molecule has 0 aliphatic carbocycles. The Morgan fingerprint density at radius 1 is 1.68 bits per heavy atom. The normalized spacial score (nSPS) is 13.4. The molecule has 0 aliphatic rings. The zero-order valence-electron chi connectivity index (χ0n) is 10.1. The number of esters is 1. The van der Waals surface area contributed by atoms with Crippen molar-refractivity contribution in [3.63, 3.8) is 0 Å². The highest BCUT2D eigenvalue weighted by Gasteiger charge is 2.31. The van der Waals surface area contributed by atoms with Crippen molar-refractivity contribution < 1.29 is 19.0 Å². The van der Waals surface area contributed by atoms with Crippen molar-refractivity contribution in [3.05, 3.63) is 27.7 Å². The van der Waals surface area contributed by atoms with Gasteiger partial charge in [-0.25, -0.2) is 9.18 Å². The Labute approximate surface area is 117 Å². The number of nitrogens with two attached hydrogens (primary N) is 1. The smallest absolute Gasteiger partial charge is 0.342 e. The van der Waals surface area contributed by atoms with Crippen LogP contribution in [0.4, 0.5) is 4.39 Å². The number of rotatable bonds is 4. The average molecular weight is 331 g/mol. The monoisotopic (exact) mass is 330 g/mol. The van der Waals surface area contributed by atoms with E-state index in [4.69, 9.17) is 11.0 Å². The maximum Gasteiger partial charge on any atom is 0.342 e. The van der Waals surface area contributed by atoms with E-state index < -0.39 is 23.9 Å². The molecule has 0 aliphatic heterocycles. The first-order valence-corrected chi connectivity index (χ1v) is 6.21. The first-order chi connectivity index (χ1) is 8.93. The first kappa shape index (κ1) is 15.4. The van der Waals surface area contributed by atoms with Gasteiger partial charge in [0.2, 0.25) is 6.17 Å². The van der Waals surface area contributed by atoms with Gasteiger partial charge in [-0.05, 0) is 19.1 Å². The van der Waals surface area contributed by atoms with Gasteiger partial charge >= 0.3 is 5.97 Å². The minimum atomic E-state index is -2.13. The number of aromatic hydroxyl groups is 1. The van der Waals surface area contributed by atoms with Crippen molar-refractivity contribution in [1.82, 2.24) is 0 Å². The molecule has 0 bridgehead atoms. The summed E-state index contributed by atoms with van der Waals surface area (Å²) in [6.45, 7) is 1.57. The second-order valence-corrected chi connectivity index (χ2v) is 4.50. The molecule has 7 heteroatoms. The van der Waals surface area contributed by atoms with Gasteiger partial charge in [0.15, 0.2) is 0 Å². The third-order valence-electron chi connectivity index (χ3n) is 2.44. The topological polar surface area (TPSA) is 96.3 Å². The van der Waals surface area contributed by atoms with E-state index in [0.29, 0.717) is 4.47 Å². The summed E-state index contributed by atoms with van der Waals surface area (Å²) >= 11 is 3.10. The third kappa shape index (κ3) is 3.22. The Hall–Kier alpha value is -1.65. The van der Waals surface area contributed by atoms with E-state index in [1.54, 1.807) is 13.0 Å². The lowest BCUT2D eigenvalue weighted by Crippen LogP contribution is -2.32. The maximum atomic E-state index is 13.8. The number of carbonyl (C=O) groups is 1. The largest absolute Gasteiger partial charge is 0.506 e. The molecule has 1 aromatic carbocycles. The summed E-state index contributed by atoms with van der Waals surface area (Å²) in [4.78, 5) is 11.3. The minimum Gasteiger partial charge on any atom is -0.506 e. The van der Waals surface area contributed by atoms with Crippen LogP contribution in [0.1, 0.15) is 24.1 Å². The molecule has 1 aromatic rings. The van der Waals surface area contributed by atoms with Gasteiger partial charge in [-0.3, -0.25) is 0 Å². The summed E-state index contributed by atoms with van der Waals surface area (Å²) < 4.78 is 18.7. The molecule has 0 heterocycles. The van der Waals surface area contributed by atoms with Crippen molar-refractivity contribution in [2.45, 2.75) is 19.1 Å². The molecule has 0 saturated carbocycles. The lowest BCUT2D eigenvalue weighted by molar-refractivity contribution is -0.149. The number of nitriles is 1. The van der Waals surface area contributed by atoms with Crippen LogP contribution in [-0.4, -0.2) is 23.9 Å². The molecule has 0 saturated heterocycles. The lowest BCUT2D eigenvalue weighted by atomic mass is 9.99. The highest BCUT2D eigenvalue weighted by molar-refractivity contribution is 9.10. The quantitative estimate of drug-likeness (QED) is 0.822. The van der Waals surface area contributed by atoms with Crippen molar-refractivity contribution >= 4 is 21.9 Å². The number of nitrogens with zero attached hydrogens (tertiary/aromatic N) is 1. The minimum absolute atomic E-state index is 0.0252. The van der Waals surface area contributed by atoms with Crippen molar-refractivity contribution in [1.29, 1.82) is 5.26 Å². The number of phenols is 1. The highest BCUT2D eigenvalue weighted by Crippen LogP contribution is 2.35. The van der Waals surface area contributed by atoms with Gasteiger partial charge in [0.25, 0.3) is 0 Å². The summed E-state index contributed by atoms with van der Waals surface area (Å²) in [5.41, 5.74) is 5.53. The number of alkyl halides is 1. The van der Waals surface area contributed by atoms with E-state index in [9.17, 15) is 14.3 Å². The van der Waals surface area contributed by atoms with Crippen molar-refractivity contribution in [2.24, 2.45) is 5.73 Å². The standard InChI is InChI=1S/C12H12BrFN2O3/c1-2-19-12(18)9(14)10(16)8-7(13)4-3-6(5-15)11(8)17/h3-4,9-10,17H,2,16H2,1H3/t9?,10-/m0/s1. The molecule has 0 amide bonds. The van der Waals surface area contributed by atoms with Crippen LogP contribution in [0.2, 0.25) is 0 Å². The van der Waals surface area contributed by atoms with Gasteiger partial charge in [-0.15, -0.1) is 0 Å². The van der Waals surface area contributed by atoms with E-state index in [-0.39, 0.29) is 17.7 Å². The average Bonchev–Trinajstić information content (AvgIpc) is 2.38. The van der Waals surface area contributed by atoms with E-state index in [0.717, 1.165) is 0 Å². The van der Waals surface area contributed by atoms with Crippen LogP contribution >= 0.6 is 15.9 Å². The first-order valence-electron chi connectivity index (χ1n) is 5.41. The van der Waals surface area contributed by atoms with E-state index >= 15 is 0 Å². The SMILES string of the molecule is CCOC(=O)C(F)[C@@H](N)c1c(Br)ccc(C#N)c1O. The molecule has 102 valence electrons. The Balaban J connectivity index is 3.16. The second-order valence-electron chi connectivity index (χ2n) is 3.65.